The molecule has 1 atom stereocenters. The molecule has 0 saturated heterocycles. The maximum Gasteiger partial charge on any atom is 0.227 e. The van der Waals surface area contributed by atoms with Crippen LogP contribution in [-0.2, 0) is 16.0 Å². The van der Waals surface area contributed by atoms with Crippen LogP contribution in [0.5, 0.6) is 0 Å². The highest BCUT2D eigenvalue weighted by molar-refractivity contribution is 5.96. The van der Waals surface area contributed by atoms with Gasteiger partial charge in [-0.1, -0.05) is 18.2 Å². The first-order valence-electron chi connectivity index (χ1n) is 8.05. The van der Waals surface area contributed by atoms with Crippen molar-refractivity contribution in [1.82, 2.24) is 5.32 Å². The quantitative estimate of drug-likeness (QED) is 0.829. The summed E-state index contributed by atoms with van der Waals surface area (Å²) in [7, 11) is 0. The number of aryl methyl sites for hydroxylation is 1. The van der Waals surface area contributed by atoms with E-state index in [1.54, 1.807) is 4.90 Å². The van der Waals surface area contributed by atoms with Crippen LogP contribution in [0.15, 0.2) is 24.3 Å². The molecule has 22 heavy (non-hydrogen) atoms. The monoisotopic (exact) mass is 301 g/mol. The van der Waals surface area contributed by atoms with Gasteiger partial charge in [0, 0.05) is 37.7 Å². The average molecular weight is 301 g/mol. The molecule has 1 heterocycles. The number of anilines is 1. The first-order valence-corrected chi connectivity index (χ1v) is 8.05. The highest BCUT2D eigenvalue weighted by atomic mass is 16.2. The molecule has 2 amide bonds. The SMILES string of the molecule is NC(CNC(=O)CCN1C(=O)CCc2ccccc21)C1CC1. The Bertz CT molecular complexity index is 569. The standard InChI is InChI=1S/C17H23N3O2/c18-14(12-5-6-12)11-19-16(21)9-10-20-15-4-2-1-3-13(15)7-8-17(20)22/h1-4,12,14H,5-11,18H2,(H,19,21). The summed E-state index contributed by atoms with van der Waals surface area (Å²) in [4.78, 5) is 25.8. The fourth-order valence-corrected chi connectivity index (χ4v) is 2.97. The minimum Gasteiger partial charge on any atom is -0.354 e. The molecule has 5 nitrogen and oxygen atoms in total. The molecule has 0 spiro atoms. The highest BCUT2D eigenvalue weighted by Crippen LogP contribution is 2.31. The lowest BCUT2D eigenvalue weighted by molar-refractivity contribution is -0.121. The third-order valence-corrected chi connectivity index (χ3v) is 4.52. The number of rotatable bonds is 6. The minimum atomic E-state index is -0.0352. The van der Waals surface area contributed by atoms with Crippen molar-refractivity contribution >= 4 is 17.5 Å². The van der Waals surface area contributed by atoms with E-state index in [9.17, 15) is 9.59 Å². The lowest BCUT2D eigenvalue weighted by atomic mass is 10.0. The second-order valence-electron chi connectivity index (χ2n) is 6.23. The Morgan fingerprint density at radius 3 is 2.86 bits per heavy atom. The van der Waals surface area contributed by atoms with E-state index >= 15 is 0 Å². The highest BCUT2D eigenvalue weighted by Gasteiger charge is 2.28. The lowest BCUT2D eigenvalue weighted by Gasteiger charge is -2.29. The van der Waals surface area contributed by atoms with Gasteiger partial charge in [-0.2, -0.15) is 0 Å². The van der Waals surface area contributed by atoms with Crippen LogP contribution in [-0.4, -0.2) is 30.9 Å². The van der Waals surface area contributed by atoms with E-state index in [4.69, 9.17) is 5.73 Å². The maximum absolute atomic E-state index is 12.1. The smallest absolute Gasteiger partial charge is 0.227 e. The molecule has 5 heteroatoms. The van der Waals surface area contributed by atoms with Crippen LogP contribution in [0, 0.1) is 5.92 Å². The lowest BCUT2D eigenvalue weighted by Crippen LogP contribution is -2.41. The molecule has 1 aliphatic heterocycles. The molecule has 2 aliphatic rings. The summed E-state index contributed by atoms with van der Waals surface area (Å²) in [6.45, 7) is 0.967. The van der Waals surface area contributed by atoms with Gasteiger partial charge in [-0.15, -0.1) is 0 Å². The Hall–Kier alpha value is -1.88. The summed E-state index contributed by atoms with van der Waals surface area (Å²) >= 11 is 0. The van der Waals surface area contributed by atoms with Gasteiger partial charge in [0.15, 0.2) is 0 Å². The molecule has 1 saturated carbocycles. The van der Waals surface area contributed by atoms with E-state index in [0.717, 1.165) is 12.1 Å². The van der Waals surface area contributed by atoms with Crippen LogP contribution in [0.2, 0.25) is 0 Å². The van der Waals surface area contributed by atoms with Crippen molar-refractivity contribution in [2.75, 3.05) is 18.0 Å². The third kappa shape index (κ3) is 3.47. The molecule has 1 aliphatic carbocycles. The minimum absolute atomic E-state index is 0.0352. The summed E-state index contributed by atoms with van der Waals surface area (Å²) in [5, 5.41) is 2.88. The normalized spacial score (nSPS) is 18.8. The fraction of sp³-hybridized carbons (Fsp3) is 0.529. The van der Waals surface area contributed by atoms with E-state index in [1.807, 2.05) is 24.3 Å². The topological polar surface area (TPSA) is 75.4 Å². The van der Waals surface area contributed by atoms with Crippen LogP contribution in [0.3, 0.4) is 0 Å². The molecule has 1 aromatic rings. The van der Waals surface area contributed by atoms with Crippen molar-refractivity contribution in [2.45, 2.75) is 38.1 Å². The molecule has 0 radical (unpaired) electrons. The molecule has 118 valence electrons. The van der Waals surface area contributed by atoms with Crippen molar-refractivity contribution in [1.29, 1.82) is 0 Å². The van der Waals surface area contributed by atoms with Crippen molar-refractivity contribution in [2.24, 2.45) is 11.7 Å². The van der Waals surface area contributed by atoms with Gasteiger partial charge in [-0.3, -0.25) is 9.59 Å². The first kappa shape index (κ1) is 15.0. The number of carbonyl (C=O) groups is 2. The molecule has 0 aromatic heterocycles. The number of hydrogen-bond donors (Lipinski definition) is 2. The average Bonchev–Trinajstić information content (AvgIpc) is 3.36. The fourth-order valence-electron chi connectivity index (χ4n) is 2.97. The number of nitrogens with one attached hydrogen (secondary N) is 1. The number of nitrogens with two attached hydrogens (primary N) is 1. The van der Waals surface area contributed by atoms with Crippen molar-refractivity contribution in [3.8, 4) is 0 Å². The van der Waals surface area contributed by atoms with Gasteiger partial charge >= 0.3 is 0 Å². The van der Waals surface area contributed by atoms with Crippen LogP contribution in [0.25, 0.3) is 0 Å². The van der Waals surface area contributed by atoms with Crippen LogP contribution in [0.1, 0.15) is 31.2 Å². The van der Waals surface area contributed by atoms with Gasteiger partial charge in [0.2, 0.25) is 11.8 Å². The number of benzene rings is 1. The van der Waals surface area contributed by atoms with Gasteiger partial charge in [0.1, 0.15) is 0 Å². The van der Waals surface area contributed by atoms with E-state index in [2.05, 4.69) is 5.32 Å². The summed E-state index contributed by atoms with van der Waals surface area (Å²) in [5.74, 6) is 0.643. The van der Waals surface area contributed by atoms with E-state index < -0.39 is 0 Å². The number of hydrogen-bond acceptors (Lipinski definition) is 3. The predicted octanol–water partition coefficient (Wildman–Crippen LogP) is 1.21. The Morgan fingerprint density at radius 1 is 1.32 bits per heavy atom. The number of nitrogens with zero attached hydrogens (tertiary/aromatic N) is 1. The molecular weight excluding hydrogens is 278 g/mol. The zero-order chi connectivity index (χ0) is 15.5. The molecule has 1 fully saturated rings. The van der Waals surface area contributed by atoms with Gasteiger partial charge in [-0.25, -0.2) is 0 Å². The number of para-hydroxylation sites is 1. The van der Waals surface area contributed by atoms with Gasteiger partial charge in [-0.05, 0) is 36.8 Å². The van der Waals surface area contributed by atoms with Gasteiger partial charge < -0.3 is 16.0 Å². The summed E-state index contributed by atoms with van der Waals surface area (Å²) in [6, 6.07) is 7.98. The Kier molecular flexibility index (Phi) is 4.43. The maximum atomic E-state index is 12.1. The molecule has 1 unspecified atom stereocenters. The second-order valence-corrected chi connectivity index (χ2v) is 6.23. The second kappa shape index (κ2) is 6.48. The molecule has 3 rings (SSSR count). The van der Waals surface area contributed by atoms with Gasteiger partial charge in [0.05, 0.1) is 0 Å². The van der Waals surface area contributed by atoms with Gasteiger partial charge in [0.25, 0.3) is 0 Å². The summed E-state index contributed by atoms with van der Waals surface area (Å²) in [5.41, 5.74) is 8.10. The van der Waals surface area contributed by atoms with Crippen LogP contribution in [0.4, 0.5) is 5.69 Å². The summed E-state index contributed by atoms with van der Waals surface area (Å²) < 4.78 is 0. The molecule has 3 N–H and O–H groups in total. The molecular formula is C17H23N3O2. The van der Waals surface area contributed by atoms with Crippen molar-refractivity contribution in [3.05, 3.63) is 29.8 Å². The number of amides is 2. The third-order valence-electron chi connectivity index (χ3n) is 4.52. The largest absolute Gasteiger partial charge is 0.354 e. The predicted molar refractivity (Wildman–Crippen MR) is 85.4 cm³/mol. The number of fused-ring (bicyclic) bond motifs is 1. The summed E-state index contributed by atoms with van der Waals surface area (Å²) in [6.07, 6.45) is 3.97. The van der Waals surface area contributed by atoms with E-state index in [-0.39, 0.29) is 17.9 Å². The van der Waals surface area contributed by atoms with Crippen molar-refractivity contribution in [3.63, 3.8) is 0 Å². The first-order chi connectivity index (χ1) is 10.6. The zero-order valence-electron chi connectivity index (χ0n) is 12.8. The Morgan fingerprint density at radius 2 is 2.09 bits per heavy atom. The van der Waals surface area contributed by atoms with E-state index in [0.29, 0.717) is 31.8 Å². The number of carbonyl (C=O) groups excluding carboxylic acids is 2. The Balaban J connectivity index is 1.52. The molecule has 1 aromatic carbocycles. The van der Waals surface area contributed by atoms with E-state index in [1.165, 1.54) is 18.4 Å². The Labute approximate surface area is 130 Å². The van der Waals surface area contributed by atoms with Crippen LogP contribution >= 0.6 is 0 Å². The zero-order valence-corrected chi connectivity index (χ0v) is 12.8. The van der Waals surface area contributed by atoms with Crippen LogP contribution < -0.4 is 16.0 Å². The molecule has 0 bridgehead atoms. The van der Waals surface area contributed by atoms with Crippen molar-refractivity contribution < 1.29 is 9.59 Å².